The first-order valence-electron chi connectivity index (χ1n) is 8.73. The summed E-state index contributed by atoms with van der Waals surface area (Å²) in [5.74, 6) is -0.0344. The highest BCUT2D eigenvalue weighted by Crippen LogP contribution is 2.19. The molecule has 0 aliphatic carbocycles. The monoisotopic (exact) mass is 413 g/mol. The second-order valence-electron chi connectivity index (χ2n) is 6.39. The molecule has 1 heterocycles. The first kappa shape index (κ1) is 20.2. The van der Waals surface area contributed by atoms with E-state index >= 15 is 0 Å². The Bertz CT molecular complexity index is 1050. The van der Waals surface area contributed by atoms with Gasteiger partial charge in [-0.1, -0.05) is 59.3 Å². The zero-order valence-electron chi connectivity index (χ0n) is 15.6. The molecule has 0 radical (unpaired) electrons. The van der Waals surface area contributed by atoms with Crippen LogP contribution in [0.2, 0.25) is 5.02 Å². The smallest absolute Gasteiger partial charge is 0.287 e. The number of aryl methyl sites for hydroxylation is 2. The predicted octanol–water partition coefficient (Wildman–Crippen LogP) is 3.91. The minimum absolute atomic E-state index is 0.118. The second kappa shape index (κ2) is 9.08. The molecule has 0 fully saturated rings. The zero-order valence-corrected chi connectivity index (χ0v) is 17.2. The summed E-state index contributed by atoms with van der Waals surface area (Å²) in [7, 11) is 0. The van der Waals surface area contributed by atoms with Crippen LogP contribution in [0.4, 0.5) is 0 Å². The molecule has 0 unspecified atom stereocenters. The van der Waals surface area contributed by atoms with Gasteiger partial charge in [-0.2, -0.15) is 0 Å². The van der Waals surface area contributed by atoms with Gasteiger partial charge < -0.3 is 5.32 Å². The highest BCUT2D eigenvalue weighted by Gasteiger charge is 2.11. The summed E-state index contributed by atoms with van der Waals surface area (Å²) in [5.41, 5.74) is 3.52. The Hall–Kier alpha value is -2.57. The number of halogens is 1. The van der Waals surface area contributed by atoms with Crippen LogP contribution in [0.3, 0.4) is 0 Å². The molecule has 2 aromatic carbocycles. The van der Waals surface area contributed by atoms with E-state index in [9.17, 15) is 9.59 Å². The van der Waals surface area contributed by atoms with Gasteiger partial charge in [0.15, 0.2) is 5.03 Å². The van der Waals surface area contributed by atoms with E-state index in [4.69, 9.17) is 11.6 Å². The lowest BCUT2D eigenvalue weighted by atomic mass is 10.1. The molecular formula is C21H20ClN3O2S. The minimum Gasteiger partial charge on any atom is -0.351 e. The number of nitrogens with zero attached hydrogens (tertiary/aromatic N) is 2. The van der Waals surface area contributed by atoms with Crippen LogP contribution in [0.1, 0.15) is 16.7 Å². The molecule has 1 amide bonds. The van der Waals surface area contributed by atoms with Gasteiger partial charge in [0.25, 0.3) is 5.56 Å². The quantitative estimate of drug-likeness (QED) is 0.622. The van der Waals surface area contributed by atoms with Gasteiger partial charge in [0, 0.05) is 24.0 Å². The lowest BCUT2D eigenvalue weighted by molar-refractivity contribution is -0.118. The van der Waals surface area contributed by atoms with E-state index in [1.807, 2.05) is 50.2 Å². The summed E-state index contributed by atoms with van der Waals surface area (Å²) in [5, 5.41) is 3.71. The van der Waals surface area contributed by atoms with Crippen molar-refractivity contribution in [2.24, 2.45) is 0 Å². The highest BCUT2D eigenvalue weighted by atomic mass is 35.5. The molecule has 0 saturated carbocycles. The third-order valence-electron chi connectivity index (χ3n) is 4.19. The Morgan fingerprint density at radius 1 is 1.18 bits per heavy atom. The van der Waals surface area contributed by atoms with Crippen molar-refractivity contribution in [1.29, 1.82) is 0 Å². The van der Waals surface area contributed by atoms with Crippen molar-refractivity contribution in [3.8, 4) is 5.69 Å². The van der Waals surface area contributed by atoms with Crippen LogP contribution in [-0.2, 0) is 11.3 Å². The van der Waals surface area contributed by atoms with E-state index in [1.54, 1.807) is 18.5 Å². The van der Waals surface area contributed by atoms with Gasteiger partial charge in [-0.3, -0.25) is 14.2 Å². The summed E-state index contributed by atoms with van der Waals surface area (Å²) < 4.78 is 1.48. The Kier molecular flexibility index (Phi) is 6.54. The molecule has 144 valence electrons. The van der Waals surface area contributed by atoms with Gasteiger partial charge in [0.1, 0.15) is 0 Å². The maximum atomic E-state index is 12.7. The molecular weight excluding hydrogens is 394 g/mol. The van der Waals surface area contributed by atoms with Gasteiger partial charge in [-0.25, -0.2) is 4.98 Å². The van der Waals surface area contributed by atoms with Crippen LogP contribution in [0.5, 0.6) is 0 Å². The summed E-state index contributed by atoms with van der Waals surface area (Å²) in [4.78, 5) is 28.9. The van der Waals surface area contributed by atoms with E-state index in [2.05, 4.69) is 10.3 Å². The number of aromatic nitrogens is 2. The molecule has 0 atom stereocenters. The normalized spacial score (nSPS) is 10.7. The molecule has 0 saturated heterocycles. The number of benzene rings is 2. The van der Waals surface area contributed by atoms with E-state index in [0.717, 1.165) is 22.9 Å². The van der Waals surface area contributed by atoms with Crippen molar-refractivity contribution in [2.75, 3.05) is 5.75 Å². The van der Waals surface area contributed by atoms with E-state index in [0.29, 0.717) is 17.3 Å². The Balaban J connectivity index is 1.64. The van der Waals surface area contributed by atoms with Crippen LogP contribution in [0.25, 0.3) is 5.69 Å². The molecule has 0 bridgehead atoms. The molecule has 3 rings (SSSR count). The number of hydrogen-bond donors (Lipinski definition) is 1. The number of rotatable bonds is 6. The van der Waals surface area contributed by atoms with Gasteiger partial charge >= 0.3 is 0 Å². The van der Waals surface area contributed by atoms with Gasteiger partial charge in [-0.15, -0.1) is 0 Å². The molecule has 0 aliphatic heterocycles. The van der Waals surface area contributed by atoms with Crippen molar-refractivity contribution in [1.82, 2.24) is 14.9 Å². The van der Waals surface area contributed by atoms with Crippen LogP contribution in [-0.4, -0.2) is 21.2 Å². The number of hydrogen-bond acceptors (Lipinski definition) is 4. The van der Waals surface area contributed by atoms with Crippen molar-refractivity contribution in [3.05, 3.63) is 86.9 Å². The third kappa shape index (κ3) is 5.03. The maximum absolute atomic E-state index is 12.7. The minimum atomic E-state index is -0.279. The molecule has 0 spiro atoms. The number of nitrogens with one attached hydrogen (secondary N) is 1. The van der Waals surface area contributed by atoms with Crippen LogP contribution in [0, 0.1) is 13.8 Å². The van der Waals surface area contributed by atoms with Gasteiger partial charge in [0.05, 0.1) is 11.4 Å². The van der Waals surface area contributed by atoms with E-state index in [-0.39, 0.29) is 22.2 Å². The Morgan fingerprint density at radius 3 is 2.64 bits per heavy atom. The summed E-state index contributed by atoms with van der Waals surface area (Å²) in [6.07, 6.45) is 3.13. The molecule has 7 heteroatoms. The molecule has 1 aromatic heterocycles. The molecule has 1 N–H and O–H groups in total. The number of carbonyl (C=O) groups excluding carboxylic acids is 1. The number of carbonyl (C=O) groups is 1. The van der Waals surface area contributed by atoms with Crippen LogP contribution in [0.15, 0.2) is 64.7 Å². The highest BCUT2D eigenvalue weighted by molar-refractivity contribution is 7.99. The fraction of sp³-hybridized carbons (Fsp3) is 0.190. The van der Waals surface area contributed by atoms with E-state index < -0.39 is 0 Å². The number of thioether (sulfide) groups is 1. The average Bonchev–Trinajstić information content (AvgIpc) is 2.69. The lowest BCUT2D eigenvalue weighted by Crippen LogP contribution is -2.26. The van der Waals surface area contributed by atoms with Gasteiger partial charge in [0.2, 0.25) is 5.91 Å². The van der Waals surface area contributed by atoms with Crippen molar-refractivity contribution in [2.45, 2.75) is 25.4 Å². The molecule has 5 nitrogen and oxygen atoms in total. The zero-order chi connectivity index (χ0) is 20.1. The van der Waals surface area contributed by atoms with Crippen molar-refractivity contribution < 1.29 is 4.79 Å². The predicted molar refractivity (Wildman–Crippen MR) is 113 cm³/mol. The van der Waals surface area contributed by atoms with Crippen molar-refractivity contribution in [3.63, 3.8) is 0 Å². The largest absolute Gasteiger partial charge is 0.351 e. The van der Waals surface area contributed by atoms with Crippen LogP contribution < -0.4 is 10.9 Å². The second-order valence-corrected chi connectivity index (χ2v) is 7.76. The molecule has 28 heavy (non-hydrogen) atoms. The topological polar surface area (TPSA) is 64.0 Å². The molecule has 0 aliphatic rings. The molecule has 3 aromatic rings. The van der Waals surface area contributed by atoms with Crippen LogP contribution >= 0.6 is 23.4 Å². The number of amides is 1. The standard InChI is InChI=1S/C21H20ClN3O2S/c1-14-3-6-16(7-4-14)12-24-19(26)13-28-20-21(27)25(10-9-23-20)17-8-5-15(2)18(22)11-17/h3-11H,12-13H2,1-2H3,(H,24,26). The maximum Gasteiger partial charge on any atom is 0.287 e. The lowest BCUT2D eigenvalue weighted by Gasteiger charge is -2.09. The SMILES string of the molecule is Cc1ccc(CNC(=O)CSc2nccn(-c3ccc(C)c(Cl)c3)c2=O)cc1. The summed E-state index contributed by atoms with van der Waals surface area (Å²) in [6.45, 7) is 4.37. The fourth-order valence-corrected chi connectivity index (χ4v) is 3.42. The Morgan fingerprint density at radius 2 is 1.93 bits per heavy atom. The summed E-state index contributed by atoms with van der Waals surface area (Å²) >= 11 is 7.28. The third-order valence-corrected chi connectivity index (χ3v) is 5.56. The van der Waals surface area contributed by atoms with E-state index in [1.165, 1.54) is 10.1 Å². The first-order chi connectivity index (χ1) is 13.4. The Labute approximate surface area is 172 Å². The first-order valence-corrected chi connectivity index (χ1v) is 10.1. The average molecular weight is 414 g/mol. The summed E-state index contributed by atoms with van der Waals surface area (Å²) in [6, 6.07) is 13.4. The fourth-order valence-electron chi connectivity index (χ4n) is 2.52. The van der Waals surface area contributed by atoms with Crippen molar-refractivity contribution >= 4 is 29.3 Å². The van der Waals surface area contributed by atoms with Gasteiger partial charge in [-0.05, 0) is 37.1 Å².